The molecule has 7 heteroatoms. The lowest BCUT2D eigenvalue weighted by Gasteiger charge is -2.44. The van der Waals surface area contributed by atoms with Gasteiger partial charge in [-0.2, -0.15) is 5.10 Å². The predicted molar refractivity (Wildman–Crippen MR) is 116 cm³/mol. The van der Waals surface area contributed by atoms with Crippen LogP contribution in [-0.2, 0) is 0 Å². The Bertz CT molecular complexity index is 1040. The zero-order valence-corrected chi connectivity index (χ0v) is 17.0. The molecule has 2 aliphatic heterocycles. The van der Waals surface area contributed by atoms with Crippen LogP contribution in [0, 0.1) is 5.41 Å². The molecule has 30 heavy (non-hydrogen) atoms. The summed E-state index contributed by atoms with van der Waals surface area (Å²) in [6.07, 6.45) is 6.54. The van der Waals surface area contributed by atoms with Crippen molar-refractivity contribution in [2.24, 2.45) is 5.41 Å². The highest BCUT2D eigenvalue weighted by Crippen LogP contribution is 2.39. The maximum Gasteiger partial charge on any atom is 0.177 e. The first-order valence-corrected chi connectivity index (χ1v) is 10.7. The number of nitrogens with one attached hydrogen (secondary N) is 2. The van der Waals surface area contributed by atoms with Crippen molar-refractivity contribution in [2.75, 3.05) is 32.7 Å². The number of hydrogen-bond acceptors (Lipinski definition) is 6. The van der Waals surface area contributed by atoms with Crippen LogP contribution in [0.3, 0.4) is 0 Å². The second-order valence-electron chi connectivity index (χ2n) is 8.68. The molecule has 2 aromatic heterocycles. The van der Waals surface area contributed by atoms with Crippen molar-refractivity contribution in [3.05, 3.63) is 42.1 Å². The van der Waals surface area contributed by atoms with Crippen molar-refractivity contribution in [3.63, 3.8) is 0 Å². The van der Waals surface area contributed by atoms with Crippen LogP contribution < -0.4 is 5.32 Å². The van der Waals surface area contributed by atoms with E-state index in [1.165, 1.54) is 25.7 Å². The van der Waals surface area contributed by atoms with Gasteiger partial charge in [0.1, 0.15) is 5.75 Å². The van der Waals surface area contributed by atoms with E-state index in [1.807, 2.05) is 6.07 Å². The number of benzene rings is 1. The minimum Gasteiger partial charge on any atom is -0.508 e. The smallest absolute Gasteiger partial charge is 0.177 e. The first-order chi connectivity index (χ1) is 14.6. The van der Waals surface area contributed by atoms with Crippen LogP contribution in [0.25, 0.3) is 22.3 Å². The molecule has 5 rings (SSSR count). The first kappa shape index (κ1) is 19.2. The molecule has 4 heterocycles. The van der Waals surface area contributed by atoms with Gasteiger partial charge < -0.3 is 10.4 Å². The highest BCUT2D eigenvalue weighted by molar-refractivity contribution is 6.08. The molecular weight excluding hydrogens is 378 g/mol. The van der Waals surface area contributed by atoms with Gasteiger partial charge in [0.25, 0.3) is 0 Å². The maximum atomic E-state index is 13.3. The standard InChI is InChI=1S/C23H27N5O2/c29-17-3-1-16(2-4-17)20-13-18(19-14-25-27-22(19)26-20)21(30)15-28-11-7-23(8-12-28)5-9-24-10-6-23/h1-4,13-14,24,29H,5-12,15H2,(H,25,26,27). The lowest BCUT2D eigenvalue weighted by Crippen LogP contribution is -2.46. The number of nitrogens with zero attached hydrogens (tertiary/aromatic N) is 3. The monoisotopic (exact) mass is 405 g/mol. The van der Waals surface area contributed by atoms with E-state index >= 15 is 0 Å². The largest absolute Gasteiger partial charge is 0.508 e. The zero-order chi connectivity index (χ0) is 20.6. The molecule has 2 aliphatic rings. The molecule has 3 N–H and O–H groups in total. The summed E-state index contributed by atoms with van der Waals surface area (Å²) >= 11 is 0. The Balaban J connectivity index is 1.36. The van der Waals surface area contributed by atoms with Gasteiger partial charge in [-0.15, -0.1) is 0 Å². The molecule has 0 unspecified atom stereocenters. The Kier molecular flexibility index (Phi) is 5.00. The van der Waals surface area contributed by atoms with Crippen LogP contribution in [0.1, 0.15) is 36.0 Å². The number of carbonyl (C=O) groups is 1. The molecule has 0 bridgehead atoms. The molecule has 1 spiro atoms. The van der Waals surface area contributed by atoms with E-state index in [4.69, 9.17) is 0 Å². The van der Waals surface area contributed by atoms with Crippen molar-refractivity contribution in [1.82, 2.24) is 25.4 Å². The van der Waals surface area contributed by atoms with E-state index in [-0.39, 0.29) is 11.5 Å². The SMILES string of the molecule is O=C(CN1CCC2(CCNCC2)CC1)c1cc(-c2ccc(O)cc2)nc2[nH]ncc12. The predicted octanol–water partition coefficient (Wildman–Crippen LogP) is 2.98. The molecule has 0 aliphatic carbocycles. The van der Waals surface area contributed by atoms with Crippen LogP contribution in [-0.4, -0.2) is 63.7 Å². The topological polar surface area (TPSA) is 94.1 Å². The number of H-pyrrole nitrogens is 1. The number of carbonyl (C=O) groups excluding carboxylic acids is 1. The molecule has 0 saturated carbocycles. The van der Waals surface area contributed by atoms with Gasteiger partial charge in [-0.05, 0) is 87.6 Å². The van der Waals surface area contributed by atoms with Crippen molar-refractivity contribution in [2.45, 2.75) is 25.7 Å². The number of aromatic amines is 1. The number of hydrogen-bond donors (Lipinski definition) is 3. The molecule has 3 aromatic rings. The third kappa shape index (κ3) is 3.70. The lowest BCUT2D eigenvalue weighted by atomic mass is 9.71. The summed E-state index contributed by atoms with van der Waals surface area (Å²) in [4.78, 5) is 20.2. The Morgan fingerprint density at radius 2 is 1.83 bits per heavy atom. The molecule has 0 amide bonds. The molecular formula is C23H27N5O2. The van der Waals surface area contributed by atoms with Gasteiger partial charge in [-0.25, -0.2) is 4.98 Å². The summed E-state index contributed by atoms with van der Waals surface area (Å²) in [5.74, 6) is 0.305. The molecule has 156 valence electrons. The number of phenolic OH excluding ortho intramolecular Hbond substituents is 1. The van der Waals surface area contributed by atoms with E-state index in [0.717, 1.165) is 37.1 Å². The fourth-order valence-corrected chi connectivity index (χ4v) is 4.87. The van der Waals surface area contributed by atoms with Gasteiger partial charge in [-0.3, -0.25) is 14.8 Å². The number of piperidine rings is 2. The summed E-state index contributed by atoms with van der Waals surface area (Å²) in [5, 5.41) is 20.8. The van der Waals surface area contributed by atoms with Crippen LogP contribution >= 0.6 is 0 Å². The molecule has 7 nitrogen and oxygen atoms in total. The van der Waals surface area contributed by atoms with Crippen LogP contribution in [0.15, 0.2) is 36.5 Å². The van der Waals surface area contributed by atoms with Crippen molar-refractivity contribution in [3.8, 4) is 17.0 Å². The Morgan fingerprint density at radius 3 is 2.57 bits per heavy atom. The second kappa shape index (κ2) is 7.81. The van der Waals surface area contributed by atoms with Gasteiger partial charge in [0.2, 0.25) is 0 Å². The first-order valence-electron chi connectivity index (χ1n) is 10.7. The minimum absolute atomic E-state index is 0.102. The molecule has 0 atom stereocenters. The maximum absolute atomic E-state index is 13.3. The number of ketones is 1. The van der Waals surface area contributed by atoms with Crippen LogP contribution in [0.4, 0.5) is 0 Å². The number of Topliss-reactive ketones (excluding diaryl/α,β-unsaturated/α-hetero) is 1. The highest BCUT2D eigenvalue weighted by Gasteiger charge is 2.35. The normalized spacial score (nSPS) is 19.3. The average Bonchev–Trinajstić information content (AvgIpc) is 3.25. The van der Waals surface area contributed by atoms with Crippen molar-refractivity contribution < 1.29 is 9.90 Å². The quantitative estimate of drug-likeness (QED) is 0.578. The van der Waals surface area contributed by atoms with Crippen molar-refractivity contribution >= 4 is 16.8 Å². The Labute approximate surface area is 175 Å². The molecule has 2 saturated heterocycles. The van der Waals surface area contributed by atoms with Crippen LogP contribution in [0.5, 0.6) is 5.75 Å². The van der Waals surface area contributed by atoms with Crippen LogP contribution in [0.2, 0.25) is 0 Å². The van der Waals surface area contributed by atoms with E-state index in [0.29, 0.717) is 28.9 Å². The summed E-state index contributed by atoms with van der Waals surface area (Å²) in [5.41, 5.74) is 3.28. The number of aromatic nitrogens is 3. The fraction of sp³-hybridized carbons (Fsp3) is 0.435. The fourth-order valence-electron chi connectivity index (χ4n) is 4.87. The van der Waals surface area contributed by atoms with E-state index in [9.17, 15) is 9.90 Å². The van der Waals surface area contributed by atoms with E-state index < -0.39 is 0 Å². The second-order valence-corrected chi connectivity index (χ2v) is 8.68. The van der Waals surface area contributed by atoms with Gasteiger partial charge >= 0.3 is 0 Å². The Hall–Kier alpha value is -2.77. The molecule has 0 radical (unpaired) electrons. The number of rotatable bonds is 4. The average molecular weight is 406 g/mol. The number of pyridine rings is 1. The summed E-state index contributed by atoms with van der Waals surface area (Å²) < 4.78 is 0. The highest BCUT2D eigenvalue weighted by atomic mass is 16.3. The lowest BCUT2D eigenvalue weighted by molar-refractivity contribution is 0.0652. The third-order valence-electron chi connectivity index (χ3n) is 6.83. The number of fused-ring (bicyclic) bond motifs is 1. The van der Waals surface area contributed by atoms with Crippen molar-refractivity contribution in [1.29, 1.82) is 0 Å². The molecule has 1 aromatic carbocycles. The molecule has 2 fully saturated rings. The number of aromatic hydroxyl groups is 1. The van der Waals surface area contributed by atoms with Gasteiger partial charge in [0.05, 0.1) is 18.4 Å². The minimum atomic E-state index is 0.102. The Morgan fingerprint density at radius 1 is 1.10 bits per heavy atom. The summed E-state index contributed by atoms with van der Waals surface area (Å²) in [6, 6.07) is 8.71. The van der Waals surface area contributed by atoms with Gasteiger partial charge in [0.15, 0.2) is 11.4 Å². The summed E-state index contributed by atoms with van der Waals surface area (Å²) in [6.45, 7) is 4.63. The van der Waals surface area contributed by atoms with Gasteiger partial charge in [0, 0.05) is 16.5 Å². The van der Waals surface area contributed by atoms with E-state index in [2.05, 4.69) is 25.4 Å². The zero-order valence-electron chi connectivity index (χ0n) is 17.0. The van der Waals surface area contributed by atoms with Gasteiger partial charge in [-0.1, -0.05) is 0 Å². The number of likely N-dealkylation sites (tertiary alicyclic amines) is 1. The number of phenols is 1. The van der Waals surface area contributed by atoms with E-state index in [1.54, 1.807) is 30.5 Å². The summed E-state index contributed by atoms with van der Waals surface area (Å²) in [7, 11) is 0. The third-order valence-corrected chi connectivity index (χ3v) is 6.83.